The number of nitrogens with zero attached hydrogens (tertiary/aromatic N) is 1. The van der Waals surface area contributed by atoms with E-state index in [2.05, 4.69) is 16.5 Å². The van der Waals surface area contributed by atoms with Gasteiger partial charge < -0.3 is 0 Å². The Morgan fingerprint density at radius 3 is 2.74 bits per heavy atom. The number of halogens is 2. The first-order chi connectivity index (χ1) is 10.9. The van der Waals surface area contributed by atoms with Crippen LogP contribution in [-0.4, -0.2) is 39.0 Å². The number of rotatable bonds is 7. The molecule has 0 aliphatic carbocycles. The van der Waals surface area contributed by atoms with Crippen molar-refractivity contribution in [2.45, 2.75) is 50.0 Å². The summed E-state index contributed by atoms with van der Waals surface area (Å²) < 4.78 is 53.2. The minimum absolute atomic E-state index is 0.162. The molecule has 1 aromatic carbocycles. The smallest absolute Gasteiger partial charge is 0.240 e. The van der Waals surface area contributed by atoms with Crippen LogP contribution in [0, 0.1) is 11.6 Å². The summed E-state index contributed by atoms with van der Waals surface area (Å²) in [5.74, 6) is -2.21. The Morgan fingerprint density at radius 1 is 1.26 bits per heavy atom. The molecule has 0 bridgehead atoms. The highest BCUT2D eigenvalue weighted by Gasteiger charge is 2.24. The summed E-state index contributed by atoms with van der Waals surface area (Å²) in [5, 5.41) is 0. The van der Waals surface area contributed by atoms with E-state index in [4.69, 9.17) is 0 Å². The molecule has 130 valence electrons. The molecule has 1 N–H and O–H groups in total. The van der Waals surface area contributed by atoms with Crippen molar-refractivity contribution in [1.29, 1.82) is 0 Å². The summed E-state index contributed by atoms with van der Waals surface area (Å²) in [6, 6.07) is 2.79. The van der Waals surface area contributed by atoms with Gasteiger partial charge in [-0.2, -0.15) is 0 Å². The molecule has 2 rings (SSSR count). The molecule has 1 aliphatic rings. The van der Waals surface area contributed by atoms with Crippen molar-refractivity contribution < 1.29 is 17.2 Å². The van der Waals surface area contributed by atoms with Crippen LogP contribution in [0.1, 0.15) is 39.0 Å². The molecule has 0 saturated carbocycles. The summed E-state index contributed by atoms with van der Waals surface area (Å²) in [5.41, 5.74) is 0. The van der Waals surface area contributed by atoms with E-state index in [1.165, 1.54) is 0 Å². The number of nitrogens with one attached hydrogen (secondary N) is 1. The van der Waals surface area contributed by atoms with E-state index in [0.29, 0.717) is 12.6 Å². The van der Waals surface area contributed by atoms with Crippen molar-refractivity contribution >= 4 is 10.0 Å². The predicted octanol–water partition coefficient (Wildman–Crippen LogP) is 2.90. The number of benzene rings is 1. The highest BCUT2D eigenvalue weighted by Crippen LogP contribution is 2.18. The molecule has 0 unspecified atom stereocenters. The lowest BCUT2D eigenvalue weighted by Gasteiger charge is -2.35. The number of piperidine rings is 1. The van der Waals surface area contributed by atoms with E-state index < -0.39 is 21.7 Å². The first-order valence-corrected chi connectivity index (χ1v) is 9.61. The van der Waals surface area contributed by atoms with Gasteiger partial charge in [-0.1, -0.05) is 19.8 Å². The van der Waals surface area contributed by atoms with Gasteiger partial charge in [0.1, 0.15) is 0 Å². The molecule has 4 nitrogen and oxygen atoms in total. The maximum absolute atomic E-state index is 13.2. The average Bonchev–Trinajstić information content (AvgIpc) is 2.54. The van der Waals surface area contributed by atoms with E-state index in [-0.39, 0.29) is 10.9 Å². The fourth-order valence-electron chi connectivity index (χ4n) is 2.88. The Labute approximate surface area is 136 Å². The molecular formula is C16H24F2N2O2S. The fourth-order valence-corrected chi connectivity index (χ4v) is 3.96. The third-order valence-electron chi connectivity index (χ3n) is 4.26. The minimum atomic E-state index is -3.83. The average molecular weight is 346 g/mol. The molecule has 0 radical (unpaired) electrons. The Kier molecular flexibility index (Phi) is 6.50. The molecule has 1 aromatic rings. The maximum atomic E-state index is 13.2. The zero-order valence-corrected chi connectivity index (χ0v) is 14.2. The van der Waals surface area contributed by atoms with E-state index in [9.17, 15) is 17.2 Å². The molecule has 1 fully saturated rings. The Hall–Kier alpha value is -1.05. The number of sulfonamides is 1. The summed E-state index contributed by atoms with van der Waals surface area (Å²) in [6.07, 6.45) is 5.36. The van der Waals surface area contributed by atoms with E-state index >= 15 is 0 Å². The lowest BCUT2D eigenvalue weighted by molar-refractivity contribution is 0.148. The van der Waals surface area contributed by atoms with Crippen LogP contribution >= 0.6 is 0 Å². The topological polar surface area (TPSA) is 49.4 Å². The van der Waals surface area contributed by atoms with Gasteiger partial charge in [-0.05, 0) is 50.6 Å². The quantitative estimate of drug-likeness (QED) is 0.826. The molecule has 0 spiro atoms. The lowest BCUT2D eigenvalue weighted by atomic mass is 10.0. The van der Waals surface area contributed by atoms with Crippen molar-refractivity contribution in [2.24, 2.45) is 0 Å². The molecule has 0 aromatic heterocycles. The molecule has 1 heterocycles. The van der Waals surface area contributed by atoms with Gasteiger partial charge >= 0.3 is 0 Å². The van der Waals surface area contributed by atoms with Crippen LogP contribution in [0.2, 0.25) is 0 Å². The molecule has 7 heteroatoms. The molecule has 1 atom stereocenters. The number of hydrogen-bond acceptors (Lipinski definition) is 3. The van der Waals surface area contributed by atoms with Crippen LogP contribution in [0.3, 0.4) is 0 Å². The van der Waals surface area contributed by atoms with Crippen LogP contribution in [-0.2, 0) is 10.0 Å². The van der Waals surface area contributed by atoms with Crippen LogP contribution in [0.4, 0.5) is 8.78 Å². The zero-order valence-electron chi connectivity index (χ0n) is 13.4. The van der Waals surface area contributed by atoms with E-state index in [1.54, 1.807) is 0 Å². The Balaban J connectivity index is 2.00. The van der Waals surface area contributed by atoms with Gasteiger partial charge in [0, 0.05) is 12.6 Å². The van der Waals surface area contributed by atoms with Crippen molar-refractivity contribution in [3.8, 4) is 0 Å². The highest BCUT2D eigenvalue weighted by atomic mass is 32.2. The van der Waals surface area contributed by atoms with Crippen molar-refractivity contribution in [2.75, 3.05) is 19.6 Å². The SMILES string of the molecule is CCCCN1CCCC[C@@H]1CNS(=O)(=O)c1ccc(F)c(F)c1. The second-order valence-corrected chi connectivity index (χ2v) is 7.73. The standard InChI is InChI=1S/C16H24F2N2O2S/c1-2-3-9-20-10-5-4-6-13(20)12-19-23(21,22)14-7-8-15(17)16(18)11-14/h7-8,11,13,19H,2-6,9-10,12H2,1H3/t13-/m1/s1. The van der Waals surface area contributed by atoms with E-state index in [1.807, 2.05) is 0 Å². The maximum Gasteiger partial charge on any atom is 0.240 e. The summed E-state index contributed by atoms with van der Waals surface area (Å²) in [7, 11) is -3.83. The first-order valence-electron chi connectivity index (χ1n) is 8.13. The van der Waals surface area contributed by atoms with Gasteiger partial charge in [0.2, 0.25) is 10.0 Å². The van der Waals surface area contributed by atoms with E-state index in [0.717, 1.165) is 57.3 Å². The van der Waals surface area contributed by atoms with Gasteiger partial charge in [-0.3, -0.25) is 4.90 Å². The molecule has 0 amide bonds. The second-order valence-electron chi connectivity index (χ2n) is 5.97. The lowest BCUT2D eigenvalue weighted by Crippen LogP contribution is -2.46. The van der Waals surface area contributed by atoms with Gasteiger partial charge in [-0.25, -0.2) is 21.9 Å². The Morgan fingerprint density at radius 2 is 2.04 bits per heavy atom. The number of hydrogen-bond donors (Lipinski definition) is 1. The van der Waals surface area contributed by atoms with Gasteiger partial charge in [0.05, 0.1) is 4.90 Å². The van der Waals surface area contributed by atoms with Crippen LogP contribution in [0.15, 0.2) is 23.1 Å². The van der Waals surface area contributed by atoms with Gasteiger partial charge in [0.25, 0.3) is 0 Å². The van der Waals surface area contributed by atoms with Gasteiger partial charge in [-0.15, -0.1) is 0 Å². The second kappa shape index (κ2) is 8.17. The molecule has 23 heavy (non-hydrogen) atoms. The van der Waals surface area contributed by atoms with Gasteiger partial charge in [0.15, 0.2) is 11.6 Å². The third kappa shape index (κ3) is 4.96. The zero-order chi connectivity index (χ0) is 16.9. The minimum Gasteiger partial charge on any atom is -0.299 e. The Bertz CT molecular complexity index is 623. The molecular weight excluding hydrogens is 322 g/mol. The fraction of sp³-hybridized carbons (Fsp3) is 0.625. The third-order valence-corrected chi connectivity index (χ3v) is 5.68. The van der Waals surface area contributed by atoms with Crippen LogP contribution in [0.25, 0.3) is 0 Å². The molecule has 1 saturated heterocycles. The van der Waals surface area contributed by atoms with Crippen molar-refractivity contribution in [1.82, 2.24) is 9.62 Å². The van der Waals surface area contributed by atoms with Crippen LogP contribution in [0.5, 0.6) is 0 Å². The summed E-state index contributed by atoms with van der Waals surface area (Å²) in [4.78, 5) is 2.08. The van der Waals surface area contributed by atoms with Crippen molar-refractivity contribution in [3.05, 3.63) is 29.8 Å². The van der Waals surface area contributed by atoms with Crippen molar-refractivity contribution in [3.63, 3.8) is 0 Å². The first kappa shape index (κ1) is 18.3. The van der Waals surface area contributed by atoms with Crippen LogP contribution < -0.4 is 4.72 Å². The monoisotopic (exact) mass is 346 g/mol. The predicted molar refractivity (Wildman–Crippen MR) is 85.7 cm³/mol. The highest BCUT2D eigenvalue weighted by molar-refractivity contribution is 7.89. The summed E-state index contributed by atoms with van der Waals surface area (Å²) >= 11 is 0. The largest absolute Gasteiger partial charge is 0.299 e. The number of unbranched alkanes of at least 4 members (excludes halogenated alkanes) is 1. The normalized spacial score (nSPS) is 19.9. The summed E-state index contributed by atoms with van der Waals surface area (Å²) in [6.45, 7) is 4.38. The number of likely N-dealkylation sites (tertiary alicyclic amines) is 1. The molecule has 1 aliphatic heterocycles.